The van der Waals surface area contributed by atoms with Crippen LogP contribution >= 0.6 is 15.9 Å². The minimum Gasteiger partial charge on any atom is -0.480 e. The fourth-order valence-corrected chi connectivity index (χ4v) is 2.69. The van der Waals surface area contributed by atoms with E-state index in [1.807, 2.05) is 0 Å². The highest BCUT2D eigenvalue weighted by Gasteiger charge is 2.33. The minimum atomic E-state index is -1.01. The molecule has 1 aromatic rings. The van der Waals surface area contributed by atoms with Crippen molar-refractivity contribution in [3.63, 3.8) is 0 Å². The second-order valence-corrected chi connectivity index (χ2v) is 5.24. The van der Waals surface area contributed by atoms with E-state index in [1.54, 1.807) is 0 Å². The molecule has 1 heterocycles. The molecule has 102 valence electrons. The van der Waals surface area contributed by atoms with E-state index in [9.17, 15) is 14.0 Å². The predicted molar refractivity (Wildman–Crippen MR) is 70.4 cm³/mol. The Morgan fingerprint density at radius 2 is 2.11 bits per heavy atom. The lowest BCUT2D eigenvalue weighted by Gasteiger charge is -2.33. The topological polar surface area (TPSA) is 57.6 Å². The van der Waals surface area contributed by atoms with Gasteiger partial charge in [0.25, 0.3) is 5.91 Å². The van der Waals surface area contributed by atoms with Gasteiger partial charge in [-0.1, -0.05) is 6.07 Å². The largest absolute Gasteiger partial charge is 0.480 e. The number of carboxylic acid groups (broad SMARTS) is 1. The summed E-state index contributed by atoms with van der Waals surface area (Å²) in [5, 5.41) is 9.15. The van der Waals surface area contributed by atoms with Crippen LogP contribution in [0.25, 0.3) is 0 Å². The van der Waals surface area contributed by atoms with Crippen LogP contribution < -0.4 is 0 Å². The van der Waals surface area contributed by atoms with E-state index in [2.05, 4.69) is 15.9 Å². The van der Waals surface area contributed by atoms with Gasteiger partial charge in [-0.05, 0) is 47.3 Å². The zero-order valence-electron chi connectivity index (χ0n) is 10.1. The normalized spacial score (nSPS) is 19.3. The molecule has 0 radical (unpaired) electrons. The molecule has 1 N–H and O–H groups in total. The molecule has 0 saturated carbocycles. The molecule has 6 heteroatoms. The van der Waals surface area contributed by atoms with Crippen LogP contribution in [0.15, 0.2) is 22.7 Å². The zero-order valence-corrected chi connectivity index (χ0v) is 11.7. The first-order valence-electron chi connectivity index (χ1n) is 6.00. The molecule has 0 aromatic heterocycles. The van der Waals surface area contributed by atoms with E-state index in [0.29, 0.717) is 13.0 Å². The number of halogens is 2. The van der Waals surface area contributed by atoms with Crippen molar-refractivity contribution in [3.8, 4) is 0 Å². The molecule has 1 aromatic carbocycles. The van der Waals surface area contributed by atoms with Crippen molar-refractivity contribution in [3.05, 3.63) is 34.1 Å². The van der Waals surface area contributed by atoms with Gasteiger partial charge in [0.15, 0.2) is 0 Å². The van der Waals surface area contributed by atoms with Gasteiger partial charge in [0.1, 0.15) is 11.9 Å². The zero-order chi connectivity index (χ0) is 14.0. The smallest absolute Gasteiger partial charge is 0.326 e. The number of amides is 1. The van der Waals surface area contributed by atoms with Gasteiger partial charge in [0.05, 0.1) is 10.0 Å². The first-order valence-corrected chi connectivity index (χ1v) is 6.79. The Labute approximate surface area is 118 Å². The molecule has 4 nitrogen and oxygen atoms in total. The van der Waals surface area contributed by atoms with Gasteiger partial charge in [0.2, 0.25) is 0 Å². The number of aliphatic carboxylic acids is 1. The Kier molecular flexibility index (Phi) is 4.19. The maximum absolute atomic E-state index is 13.4. The number of piperidine rings is 1. The maximum atomic E-state index is 13.4. The molecular formula is C13H13BrFNO3. The molecule has 1 fully saturated rings. The predicted octanol–water partition coefficient (Wildman–Crippen LogP) is 2.67. The van der Waals surface area contributed by atoms with Gasteiger partial charge >= 0.3 is 5.97 Å². The van der Waals surface area contributed by atoms with Crippen LogP contribution in [0, 0.1) is 5.82 Å². The molecule has 2 rings (SSSR count). The second kappa shape index (κ2) is 5.69. The summed E-state index contributed by atoms with van der Waals surface area (Å²) in [6.07, 6.45) is 1.99. The fraction of sp³-hybridized carbons (Fsp3) is 0.385. The third-order valence-electron chi connectivity index (χ3n) is 3.23. The summed E-state index contributed by atoms with van der Waals surface area (Å²) in [6.45, 7) is 0.388. The first kappa shape index (κ1) is 14.0. The minimum absolute atomic E-state index is 0.0784. The van der Waals surface area contributed by atoms with E-state index in [-0.39, 0.29) is 10.0 Å². The third-order valence-corrected chi connectivity index (χ3v) is 4.04. The van der Waals surface area contributed by atoms with E-state index < -0.39 is 23.7 Å². The van der Waals surface area contributed by atoms with Crippen molar-refractivity contribution in [2.75, 3.05) is 6.54 Å². The molecule has 0 aliphatic carbocycles. The van der Waals surface area contributed by atoms with Gasteiger partial charge in [-0.2, -0.15) is 0 Å². The van der Waals surface area contributed by atoms with E-state index in [4.69, 9.17) is 5.11 Å². The summed E-state index contributed by atoms with van der Waals surface area (Å²) in [5.41, 5.74) is 0.160. The lowest BCUT2D eigenvalue weighted by atomic mass is 10.0. The average molecular weight is 330 g/mol. The number of nitrogens with zero attached hydrogens (tertiary/aromatic N) is 1. The lowest BCUT2D eigenvalue weighted by molar-refractivity contribution is -0.143. The van der Waals surface area contributed by atoms with Crippen LogP contribution in [-0.2, 0) is 4.79 Å². The number of likely N-dealkylation sites (tertiary alicyclic amines) is 1. The Morgan fingerprint density at radius 3 is 2.79 bits per heavy atom. The average Bonchev–Trinajstić information content (AvgIpc) is 2.41. The summed E-state index contributed by atoms with van der Waals surface area (Å²) in [7, 11) is 0. The molecule has 0 spiro atoms. The van der Waals surface area contributed by atoms with Gasteiger partial charge in [0, 0.05) is 6.54 Å². The van der Waals surface area contributed by atoms with Gasteiger partial charge in [-0.25, -0.2) is 9.18 Å². The van der Waals surface area contributed by atoms with E-state index >= 15 is 0 Å². The molecule has 1 saturated heterocycles. The second-order valence-electron chi connectivity index (χ2n) is 4.45. The first-order chi connectivity index (χ1) is 9.02. The number of carboxylic acids is 1. The van der Waals surface area contributed by atoms with Crippen LogP contribution in [0.3, 0.4) is 0 Å². The van der Waals surface area contributed by atoms with E-state index in [1.165, 1.54) is 23.1 Å². The Bertz CT molecular complexity index is 521. The molecule has 1 aliphatic heterocycles. The summed E-state index contributed by atoms with van der Waals surface area (Å²) in [5.74, 6) is -1.99. The quantitative estimate of drug-likeness (QED) is 0.907. The number of carbonyl (C=O) groups is 2. The summed E-state index contributed by atoms with van der Waals surface area (Å²) in [6, 6.07) is 3.35. The maximum Gasteiger partial charge on any atom is 0.326 e. The van der Waals surface area contributed by atoms with Crippen LogP contribution in [0.2, 0.25) is 0 Å². The molecule has 0 unspecified atom stereocenters. The van der Waals surface area contributed by atoms with Gasteiger partial charge in [-0.15, -0.1) is 0 Å². The van der Waals surface area contributed by atoms with Crippen LogP contribution in [0.4, 0.5) is 4.39 Å². The third kappa shape index (κ3) is 2.78. The Balaban J connectivity index is 2.31. The number of benzene rings is 1. The lowest BCUT2D eigenvalue weighted by Crippen LogP contribution is -2.48. The SMILES string of the molecule is O=C(O)[C@@H]1CCCCN1C(=O)c1cccc(F)c1Br. The Morgan fingerprint density at radius 1 is 1.37 bits per heavy atom. The highest BCUT2D eigenvalue weighted by atomic mass is 79.9. The molecular weight excluding hydrogens is 317 g/mol. The highest BCUT2D eigenvalue weighted by Crippen LogP contribution is 2.25. The number of rotatable bonds is 2. The molecule has 1 atom stereocenters. The molecule has 1 aliphatic rings. The van der Waals surface area contributed by atoms with Crippen molar-refractivity contribution in [2.45, 2.75) is 25.3 Å². The highest BCUT2D eigenvalue weighted by molar-refractivity contribution is 9.10. The van der Waals surface area contributed by atoms with Crippen molar-refractivity contribution in [1.29, 1.82) is 0 Å². The standard InChI is InChI=1S/C13H13BrFNO3/c14-11-8(4-3-5-9(11)15)12(17)16-7-2-1-6-10(16)13(18)19/h3-5,10H,1-2,6-7H2,(H,18,19)/t10-/m0/s1. The van der Waals surface area contributed by atoms with Crippen LogP contribution in [0.5, 0.6) is 0 Å². The van der Waals surface area contributed by atoms with Crippen LogP contribution in [-0.4, -0.2) is 34.5 Å². The van der Waals surface area contributed by atoms with Gasteiger partial charge in [-0.3, -0.25) is 4.79 Å². The molecule has 0 bridgehead atoms. The van der Waals surface area contributed by atoms with Crippen molar-refractivity contribution < 1.29 is 19.1 Å². The number of carbonyl (C=O) groups excluding carboxylic acids is 1. The monoisotopic (exact) mass is 329 g/mol. The summed E-state index contributed by atoms with van der Waals surface area (Å²) < 4.78 is 13.5. The van der Waals surface area contributed by atoms with Crippen molar-refractivity contribution in [1.82, 2.24) is 4.90 Å². The van der Waals surface area contributed by atoms with Crippen molar-refractivity contribution >= 4 is 27.8 Å². The van der Waals surface area contributed by atoms with E-state index in [0.717, 1.165) is 12.8 Å². The molecule has 1 amide bonds. The fourth-order valence-electron chi connectivity index (χ4n) is 2.26. The van der Waals surface area contributed by atoms with Crippen molar-refractivity contribution in [2.24, 2.45) is 0 Å². The molecule has 19 heavy (non-hydrogen) atoms. The summed E-state index contributed by atoms with van der Waals surface area (Å²) in [4.78, 5) is 24.8. The van der Waals surface area contributed by atoms with Gasteiger partial charge < -0.3 is 10.0 Å². The summed E-state index contributed by atoms with van der Waals surface area (Å²) >= 11 is 3.03. The Hall–Kier alpha value is -1.43. The number of hydrogen-bond donors (Lipinski definition) is 1. The van der Waals surface area contributed by atoms with Crippen LogP contribution in [0.1, 0.15) is 29.6 Å². The number of hydrogen-bond acceptors (Lipinski definition) is 2.